The number of likely N-dealkylation sites (tertiary alicyclic amines) is 2. The van der Waals surface area contributed by atoms with Gasteiger partial charge in [0.15, 0.2) is 0 Å². The Labute approximate surface area is 138 Å². The van der Waals surface area contributed by atoms with Gasteiger partial charge in [-0.2, -0.15) is 12.6 Å². The summed E-state index contributed by atoms with van der Waals surface area (Å²) < 4.78 is 0. The highest BCUT2D eigenvalue weighted by molar-refractivity contribution is 7.80. The zero-order chi connectivity index (χ0) is 15.3. The highest BCUT2D eigenvalue weighted by atomic mass is 32.1. The van der Waals surface area contributed by atoms with Crippen molar-refractivity contribution in [2.75, 3.05) is 39.0 Å². The normalized spacial score (nSPS) is 28.6. The van der Waals surface area contributed by atoms with Gasteiger partial charge in [-0.3, -0.25) is 0 Å². The molecular formula is C18H36N2S. The summed E-state index contributed by atoms with van der Waals surface area (Å²) in [6.45, 7) is 9.89. The van der Waals surface area contributed by atoms with E-state index >= 15 is 0 Å². The molecule has 0 saturated carbocycles. The van der Waals surface area contributed by atoms with Crippen LogP contribution in [0.5, 0.6) is 0 Å². The molecule has 124 valence electrons. The molecule has 0 aliphatic carbocycles. The van der Waals surface area contributed by atoms with Gasteiger partial charge in [0.2, 0.25) is 0 Å². The van der Waals surface area contributed by atoms with Crippen LogP contribution in [0.15, 0.2) is 0 Å². The molecular weight excluding hydrogens is 276 g/mol. The van der Waals surface area contributed by atoms with Crippen LogP contribution < -0.4 is 0 Å². The Morgan fingerprint density at radius 1 is 1.10 bits per heavy atom. The van der Waals surface area contributed by atoms with Crippen LogP contribution in [-0.4, -0.2) is 54.8 Å². The quantitative estimate of drug-likeness (QED) is 0.712. The molecule has 2 unspecified atom stereocenters. The van der Waals surface area contributed by atoms with Gasteiger partial charge in [0, 0.05) is 19.1 Å². The first-order valence-electron chi connectivity index (χ1n) is 9.17. The fourth-order valence-electron chi connectivity index (χ4n) is 4.90. The minimum Gasteiger partial charge on any atom is -0.303 e. The molecule has 2 atom stereocenters. The summed E-state index contributed by atoms with van der Waals surface area (Å²) in [6.07, 6.45) is 9.49. The molecule has 3 heteroatoms. The molecule has 0 spiro atoms. The lowest BCUT2D eigenvalue weighted by molar-refractivity contribution is 0.0193. The third-order valence-electron chi connectivity index (χ3n) is 5.88. The van der Waals surface area contributed by atoms with Crippen LogP contribution in [0.4, 0.5) is 0 Å². The zero-order valence-corrected chi connectivity index (χ0v) is 15.4. The Balaban J connectivity index is 1.95. The largest absolute Gasteiger partial charge is 0.303 e. The van der Waals surface area contributed by atoms with Crippen LogP contribution in [0, 0.1) is 11.3 Å². The van der Waals surface area contributed by atoms with E-state index in [0.717, 1.165) is 17.7 Å². The molecule has 2 fully saturated rings. The minimum atomic E-state index is 0.458. The van der Waals surface area contributed by atoms with Gasteiger partial charge >= 0.3 is 0 Å². The lowest BCUT2D eigenvalue weighted by Gasteiger charge is -2.48. The molecule has 2 saturated heterocycles. The van der Waals surface area contributed by atoms with Crippen molar-refractivity contribution in [3.05, 3.63) is 0 Å². The van der Waals surface area contributed by atoms with Crippen LogP contribution in [0.25, 0.3) is 0 Å². The van der Waals surface area contributed by atoms with Gasteiger partial charge in [-0.05, 0) is 69.3 Å². The molecule has 2 rings (SSSR count). The third kappa shape index (κ3) is 4.39. The highest BCUT2D eigenvalue weighted by Gasteiger charge is 2.37. The zero-order valence-electron chi connectivity index (χ0n) is 14.5. The molecule has 2 aliphatic rings. The summed E-state index contributed by atoms with van der Waals surface area (Å²) in [6, 6.07) is 0.859. The van der Waals surface area contributed by atoms with Gasteiger partial charge in [0.25, 0.3) is 0 Å². The van der Waals surface area contributed by atoms with E-state index in [-0.39, 0.29) is 0 Å². The first kappa shape index (κ1) is 17.6. The van der Waals surface area contributed by atoms with Gasteiger partial charge < -0.3 is 9.80 Å². The van der Waals surface area contributed by atoms with Gasteiger partial charge in [0.05, 0.1) is 0 Å². The number of fused-ring (bicyclic) bond motifs is 1. The first-order valence-corrected chi connectivity index (χ1v) is 9.81. The summed E-state index contributed by atoms with van der Waals surface area (Å²) in [4.78, 5) is 5.40. The Morgan fingerprint density at radius 2 is 1.81 bits per heavy atom. The number of rotatable bonds is 7. The second kappa shape index (κ2) is 8.21. The second-order valence-electron chi connectivity index (χ2n) is 7.63. The Morgan fingerprint density at radius 3 is 2.43 bits per heavy atom. The maximum Gasteiger partial charge on any atom is 0.0145 e. The van der Waals surface area contributed by atoms with E-state index in [0.29, 0.717) is 5.41 Å². The van der Waals surface area contributed by atoms with Crippen molar-refractivity contribution in [1.29, 1.82) is 0 Å². The van der Waals surface area contributed by atoms with Crippen molar-refractivity contribution >= 4 is 12.6 Å². The van der Waals surface area contributed by atoms with Gasteiger partial charge in [-0.1, -0.05) is 26.7 Å². The van der Waals surface area contributed by atoms with Crippen LogP contribution in [0.2, 0.25) is 0 Å². The van der Waals surface area contributed by atoms with Gasteiger partial charge in [-0.25, -0.2) is 0 Å². The molecule has 0 aromatic rings. The third-order valence-corrected chi connectivity index (χ3v) is 6.56. The average molecular weight is 313 g/mol. The number of hydrogen-bond acceptors (Lipinski definition) is 3. The van der Waals surface area contributed by atoms with Crippen molar-refractivity contribution in [3.63, 3.8) is 0 Å². The van der Waals surface area contributed by atoms with E-state index in [2.05, 4.69) is 30.7 Å². The molecule has 0 bridgehead atoms. The molecule has 2 heterocycles. The molecule has 0 aromatic heterocycles. The van der Waals surface area contributed by atoms with Crippen molar-refractivity contribution in [2.45, 2.75) is 64.8 Å². The SMILES string of the molecule is CCCC(CS)(CCC)CN1CCC2C(CCCN2C)C1. The van der Waals surface area contributed by atoms with Crippen molar-refractivity contribution in [1.82, 2.24) is 9.80 Å². The summed E-state index contributed by atoms with van der Waals surface area (Å²) in [5, 5.41) is 0. The Hall–Kier alpha value is 0.270. The molecule has 0 radical (unpaired) electrons. The molecule has 2 aliphatic heterocycles. The second-order valence-corrected chi connectivity index (χ2v) is 7.95. The number of nitrogens with zero attached hydrogens (tertiary/aromatic N) is 2. The Bertz CT molecular complexity index is 302. The monoisotopic (exact) mass is 312 g/mol. The van der Waals surface area contributed by atoms with E-state index in [9.17, 15) is 0 Å². The van der Waals surface area contributed by atoms with Crippen molar-refractivity contribution in [3.8, 4) is 0 Å². The molecule has 0 aromatic carbocycles. The highest BCUT2D eigenvalue weighted by Crippen LogP contribution is 2.35. The molecule has 0 N–H and O–H groups in total. The van der Waals surface area contributed by atoms with Gasteiger partial charge in [-0.15, -0.1) is 0 Å². The van der Waals surface area contributed by atoms with Crippen molar-refractivity contribution < 1.29 is 0 Å². The fraction of sp³-hybridized carbons (Fsp3) is 1.00. The lowest BCUT2D eigenvalue weighted by Crippen LogP contribution is -2.54. The van der Waals surface area contributed by atoms with Crippen LogP contribution >= 0.6 is 12.6 Å². The maximum atomic E-state index is 4.74. The predicted octanol–water partition coefficient (Wildman–Crippen LogP) is 3.92. The summed E-state index contributed by atoms with van der Waals surface area (Å²) in [5.41, 5.74) is 0.458. The predicted molar refractivity (Wildman–Crippen MR) is 96.3 cm³/mol. The molecule has 2 nitrogen and oxygen atoms in total. The van der Waals surface area contributed by atoms with E-state index in [1.807, 2.05) is 0 Å². The standard InChI is InChI=1S/C18H36N2S/c1-4-9-18(15-21,10-5-2)14-20-12-8-17-16(13-20)7-6-11-19(17)3/h16-17,21H,4-15H2,1-3H3. The van der Waals surface area contributed by atoms with E-state index in [4.69, 9.17) is 12.6 Å². The molecule has 0 amide bonds. The van der Waals surface area contributed by atoms with Crippen molar-refractivity contribution in [2.24, 2.45) is 11.3 Å². The van der Waals surface area contributed by atoms with Crippen LogP contribution in [0.1, 0.15) is 58.8 Å². The maximum absolute atomic E-state index is 4.74. The van der Waals surface area contributed by atoms with Crippen LogP contribution in [0.3, 0.4) is 0 Å². The van der Waals surface area contributed by atoms with E-state index in [1.165, 1.54) is 71.1 Å². The fourth-order valence-corrected chi connectivity index (χ4v) is 5.31. The van der Waals surface area contributed by atoms with E-state index in [1.54, 1.807) is 0 Å². The summed E-state index contributed by atoms with van der Waals surface area (Å²) >= 11 is 4.74. The van der Waals surface area contributed by atoms with Crippen LogP contribution in [-0.2, 0) is 0 Å². The summed E-state index contributed by atoms with van der Waals surface area (Å²) in [7, 11) is 2.33. The molecule has 21 heavy (non-hydrogen) atoms. The number of hydrogen-bond donors (Lipinski definition) is 1. The summed E-state index contributed by atoms with van der Waals surface area (Å²) in [5.74, 6) is 1.97. The van der Waals surface area contributed by atoms with E-state index < -0.39 is 0 Å². The lowest BCUT2D eigenvalue weighted by atomic mass is 9.78. The minimum absolute atomic E-state index is 0.458. The average Bonchev–Trinajstić information content (AvgIpc) is 2.48. The topological polar surface area (TPSA) is 6.48 Å². The first-order chi connectivity index (χ1) is 10.1. The smallest absolute Gasteiger partial charge is 0.0145 e. The number of thiol groups is 1. The number of piperidine rings is 2. The van der Waals surface area contributed by atoms with Gasteiger partial charge in [0.1, 0.15) is 0 Å². The Kier molecular flexibility index (Phi) is 6.89.